The molecule has 0 unspecified atom stereocenters. The van der Waals surface area contributed by atoms with Gasteiger partial charge in [0.15, 0.2) is 0 Å². The molecule has 0 aliphatic carbocycles. The molecule has 0 atom stereocenters. The van der Waals surface area contributed by atoms with Crippen LogP contribution >= 0.6 is 0 Å². The van der Waals surface area contributed by atoms with Crippen molar-refractivity contribution in [3.8, 4) is 11.5 Å². The summed E-state index contributed by atoms with van der Waals surface area (Å²) in [6.45, 7) is 8.07. The summed E-state index contributed by atoms with van der Waals surface area (Å²) in [5, 5.41) is 65.4. The summed E-state index contributed by atoms with van der Waals surface area (Å²) >= 11 is 0. The van der Waals surface area contributed by atoms with Crippen molar-refractivity contribution >= 4 is 11.8 Å². The number of aryl methyl sites for hydroxylation is 2. The van der Waals surface area contributed by atoms with Gasteiger partial charge in [-0.25, -0.2) is 0 Å². The molecule has 0 spiro atoms. The highest BCUT2D eigenvalue weighted by atomic mass is 16.3. The van der Waals surface area contributed by atoms with Crippen molar-refractivity contribution in [2.24, 2.45) is 0 Å². The first-order chi connectivity index (χ1) is 25.0. The van der Waals surface area contributed by atoms with Gasteiger partial charge in [0.25, 0.3) is 11.8 Å². The van der Waals surface area contributed by atoms with Crippen LogP contribution in [0.1, 0.15) is 61.4 Å². The SMILES string of the molecule is Cc1cc(CN2CCCN(Cc3ccccc3)CCN(Cc3cc(C)cc(C(=O)NC(CO)CO)c3O)CCC2)c(O)c(C(=O)NC(CO)CO)c1. The molecule has 1 aliphatic rings. The number of aliphatic hydroxyl groups excluding tert-OH is 4. The van der Waals surface area contributed by atoms with Gasteiger partial charge in [-0.3, -0.25) is 24.3 Å². The first kappa shape index (κ1) is 40.7. The largest absolute Gasteiger partial charge is 0.507 e. The summed E-state index contributed by atoms with van der Waals surface area (Å²) in [5.41, 5.74) is 4.21. The van der Waals surface area contributed by atoms with Crippen molar-refractivity contribution in [3.05, 3.63) is 93.5 Å². The second-order valence-corrected chi connectivity index (χ2v) is 13.7. The van der Waals surface area contributed by atoms with E-state index in [1.807, 2.05) is 44.2 Å². The smallest absolute Gasteiger partial charge is 0.255 e. The van der Waals surface area contributed by atoms with E-state index >= 15 is 0 Å². The van der Waals surface area contributed by atoms with Crippen molar-refractivity contribution < 1.29 is 40.2 Å². The van der Waals surface area contributed by atoms with Gasteiger partial charge < -0.3 is 41.3 Å². The van der Waals surface area contributed by atoms with Gasteiger partial charge in [0.1, 0.15) is 11.5 Å². The number of rotatable bonds is 14. The Labute approximate surface area is 306 Å². The van der Waals surface area contributed by atoms with E-state index in [0.717, 1.165) is 56.7 Å². The van der Waals surface area contributed by atoms with Gasteiger partial charge in [-0.2, -0.15) is 0 Å². The van der Waals surface area contributed by atoms with E-state index in [1.54, 1.807) is 12.1 Å². The van der Waals surface area contributed by atoms with Gasteiger partial charge in [0, 0.05) is 43.9 Å². The van der Waals surface area contributed by atoms with Crippen LogP contribution in [0.2, 0.25) is 0 Å². The van der Waals surface area contributed by atoms with E-state index in [-0.39, 0.29) is 22.6 Å². The van der Waals surface area contributed by atoms with Crippen LogP contribution in [0.25, 0.3) is 0 Å². The molecule has 3 aromatic carbocycles. The maximum absolute atomic E-state index is 13.0. The Bertz CT molecular complexity index is 1600. The summed E-state index contributed by atoms with van der Waals surface area (Å²) in [4.78, 5) is 33.0. The number of carbonyl (C=O) groups is 2. The van der Waals surface area contributed by atoms with E-state index in [1.165, 1.54) is 5.56 Å². The minimum absolute atomic E-state index is 0.0888. The number of phenolic OH excluding ortho intramolecular Hbond substituents is 2. The van der Waals surface area contributed by atoms with Crippen LogP contribution < -0.4 is 10.6 Å². The lowest BCUT2D eigenvalue weighted by Gasteiger charge is -2.28. The summed E-state index contributed by atoms with van der Waals surface area (Å²) in [6, 6.07) is 15.6. The van der Waals surface area contributed by atoms with Crippen LogP contribution in [0.5, 0.6) is 11.5 Å². The zero-order valence-electron chi connectivity index (χ0n) is 30.3. The minimum atomic E-state index is -0.837. The van der Waals surface area contributed by atoms with E-state index in [9.17, 15) is 40.2 Å². The second-order valence-electron chi connectivity index (χ2n) is 13.7. The number of benzene rings is 3. The quantitative estimate of drug-likeness (QED) is 0.120. The summed E-state index contributed by atoms with van der Waals surface area (Å²) < 4.78 is 0. The molecule has 4 rings (SSSR count). The molecule has 0 aromatic heterocycles. The van der Waals surface area contributed by atoms with Gasteiger partial charge in [-0.15, -0.1) is 0 Å². The van der Waals surface area contributed by atoms with Crippen LogP contribution in [0.3, 0.4) is 0 Å². The average Bonchev–Trinajstić information content (AvgIpc) is 3.17. The number of amides is 2. The molecule has 0 saturated carbocycles. The zero-order chi connectivity index (χ0) is 37.6. The van der Waals surface area contributed by atoms with Gasteiger partial charge in [-0.05, 0) is 81.7 Å². The highest BCUT2D eigenvalue weighted by Gasteiger charge is 2.23. The lowest BCUT2D eigenvalue weighted by Crippen LogP contribution is -2.40. The van der Waals surface area contributed by atoms with Crippen molar-refractivity contribution in [2.75, 3.05) is 65.7 Å². The lowest BCUT2D eigenvalue weighted by molar-refractivity contribution is 0.0870. The molecule has 1 heterocycles. The minimum Gasteiger partial charge on any atom is -0.507 e. The molecule has 0 bridgehead atoms. The van der Waals surface area contributed by atoms with Crippen molar-refractivity contribution in [1.29, 1.82) is 0 Å². The van der Waals surface area contributed by atoms with Crippen LogP contribution in [-0.2, 0) is 19.6 Å². The van der Waals surface area contributed by atoms with Gasteiger partial charge in [0.05, 0.1) is 49.6 Å². The third kappa shape index (κ3) is 11.7. The predicted octanol–water partition coefficient (Wildman–Crippen LogP) is 1.48. The molecule has 284 valence electrons. The monoisotopic (exact) mass is 721 g/mol. The number of hydrogen-bond acceptors (Lipinski definition) is 11. The van der Waals surface area contributed by atoms with Crippen molar-refractivity contribution in [2.45, 2.75) is 58.4 Å². The Balaban J connectivity index is 1.56. The average molecular weight is 722 g/mol. The highest BCUT2D eigenvalue weighted by molar-refractivity contribution is 5.98. The van der Waals surface area contributed by atoms with Crippen LogP contribution in [0.4, 0.5) is 0 Å². The fraction of sp³-hybridized carbons (Fsp3) is 0.487. The lowest BCUT2D eigenvalue weighted by atomic mass is 10.0. The van der Waals surface area contributed by atoms with Crippen LogP contribution in [0.15, 0.2) is 54.6 Å². The van der Waals surface area contributed by atoms with E-state index in [4.69, 9.17) is 0 Å². The van der Waals surface area contributed by atoms with Gasteiger partial charge >= 0.3 is 0 Å². The normalized spacial score (nSPS) is 15.5. The molecule has 1 aliphatic heterocycles. The van der Waals surface area contributed by atoms with Crippen molar-refractivity contribution in [3.63, 3.8) is 0 Å². The molecule has 52 heavy (non-hydrogen) atoms. The Morgan fingerprint density at radius 1 is 0.596 bits per heavy atom. The number of phenols is 2. The number of aliphatic hydroxyl groups is 4. The molecule has 2 amide bonds. The summed E-state index contributed by atoms with van der Waals surface area (Å²) in [5.74, 6) is -1.39. The van der Waals surface area contributed by atoms with Gasteiger partial charge in [0.2, 0.25) is 0 Å². The molecule has 1 fully saturated rings. The Hall–Kier alpha value is -4.08. The van der Waals surface area contributed by atoms with E-state index in [2.05, 4.69) is 37.5 Å². The Kier molecular flexibility index (Phi) is 15.8. The number of hydrogen-bond donors (Lipinski definition) is 8. The van der Waals surface area contributed by atoms with Gasteiger partial charge in [-0.1, -0.05) is 42.5 Å². The summed E-state index contributed by atoms with van der Waals surface area (Å²) in [7, 11) is 0. The third-order valence-corrected chi connectivity index (χ3v) is 9.37. The molecule has 13 heteroatoms. The standard InChI is InChI=1S/C39H55N5O8/c1-27-16-30(36(49)34(18-27)38(51)40-32(23-45)24-46)21-42-10-6-12-43(20-29-8-4-3-5-9-29)14-15-44(13-7-11-42)22-31-17-28(2)19-35(37(31)50)39(52)41-33(25-47)26-48/h3-5,8-9,16-19,32-33,45-50H,6-7,10-15,20-26H2,1-2H3,(H,40,51)(H,41,52). The maximum Gasteiger partial charge on any atom is 0.255 e. The maximum atomic E-state index is 13.0. The first-order valence-electron chi connectivity index (χ1n) is 18.0. The fourth-order valence-electron chi connectivity index (χ4n) is 6.57. The fourth-order valence-corrected chi connectivity index (χ4v) is 6.57. The number of nitrogens with zero attached hydrogens (tertiary/aromatic N) is 3. The number of nitrogens with one attached hydrogen (secondary N) is 2. The topological polar surface area (TPSA) is 189 Å². The number of carbonyl (C=O) groups excluding carboxylic acids is 2. The number of aromatic hydroxyl groups is 2. The first-order valence-corrected chi connectivity index (χ1v) is 18.0. The molecular formula is C39H55N5O8. The Morgan fingerprint density at radius 3 is 1.38 bits per heavy atom. The summed E-state index contributed by atoms with van der Waals surface area (Å²) in [6.07, 6.45) is 1.66. The second kappa shape index (κ2) is 20.2. The van der Waals surface area contributed by atoms with Crippen LogP contribution in [-0.4, -0.2) is 135 Å². The molecule has 8 N–H and O–H groups in total. The van der Waals surface area contributed by atoms with E-state index < -0.39 is 50.3 Å². The zero-order valence-corrected chi connectivity index (χ0v) is 30.3. The van der Waals surface area contributed by atoms with Crippen molar-refractivity contribution in [1.82, 2.24) is 25.3 Å². The molecule has 3 aromatic rings. The molecule has 1 saturated heterocycles. The molecule has 0 radical (unpaired) electrons. The third-order valence-electron chi connectivity index (χ3n) is 9.37. The Morgan fingerprint density at radius 2 is 0.981 bits per heavy atom. The molecular weight excluding hydrogens is 666 g/mol. The van der Waals surface area contributed by atoms with Crippen LogP contribution in [0, 0.1) is 13.8 Å². The molecule has 13 nitrogen and oxygen atoms in total. The van der Waals surface area contributed by atoms with E-state index in [0.29, 0.717) is 37.3 Å². The highest BCUT2D eigenvalue weighted by Crippen LogP contribution is 2.28. The predicted molar refractivity (Wildman–Crippen MR) is 198 cm³/mol.